The zero-order chi connectivity index (χ0) is 11.5. The lowest BCUT2D eigenvalue weighted by molar-refractivity contribution is -0.138. The van der Waals surface area contributed by atoms with Crippen molar-refractivity contribution in [3.05, 3.63) is 0 Å². The molecule has 2 aliphatic heterocycles. The summed E-state index contributed by atoms with van der Waals surface area (Å²) in [7, 11) is 0. The van der Waals surface area contributed by atoms with Gasteiger partial charge in [-0.1, -0.05) is 20.3 Å². The van der Waals surface area contributed by atoms with E-state index in [0.717, 1.165) is 19.6 Å². The molecule has 100 valence electrons. The number of hydrogen-bond acceptors (Lipinski definition) is 2. The summed E-state index contributed by atoms with van der Waals surface area (Å²) in [5.41, 5.74) is 0. The molecule has 2 fully saturated rings. The number of carbonyl (C=O) groups excluding carboxylic acids is 1. The summed E-state index contributed by atoms with van der Waals surface area (Å²) in [6.07, 6.45) is 4.89. The van der Waals surface area contributed by atoms with E-state index in [1.807, 2.05) is 0 Å². The van der Waals surface area contributed by atoms with Crippen molar-refractivity contribution in [1.29, 1.82) is 0 Å². The molecule has 0 aromatic rings. The van der Waals surface area contributed by atoms with Gasteiger partial charge in [0.25, 0.3) is 0 Å². The molecule has 2 rings (SSSR count). The molecule has 1 amide bonds. The molecule has 0 aromatic heterocycles. The second-order valence-corrected chi connectivity index (χ2v) is 5.36. The average Bonchev–Trinajstić information content (AvgIpc) is 2.63. The van der Waals surface area contributed by atoms with Crippen molar-refractivity contribution in [3.63, 3.8) is 0 Å². The van der Waals surface area contributed by atoms with E-state index >= 15 is 0 Å². The van der Waals surface area contributed by atoms with Gasteiger partial charge in [-0.05, 0) is 25.2 Å². The molecule has 3 nitrogen and oxygen atoms in total. The summed E-state index contributed by atoms with van der Waals surface area (Å²) in [6, 6.07) is 0.521. The van der Waals surface area contributed by atoms with Gasteiger partial charge in [0.1, 0.15) is 0 Å². The fourth-order valence-electron chi connectivity index (χ4n) is 3.00. The van der Waals surface area contributed by atoms with Crippen molar-refractivity contribution >= 4 is 18.3 Å². The van der Waals surface area contributed by atoms with E-state index in [9.17, 15) is 4.79 Å². The Balaban J connectivity index is 0.00000144. The molecule has 2 atom stereocenters. The van der Waals surface area contributed by atoms with Gasteiger partial charge in [0, 0.05) is 25.7 Å². The maximum absolute atomic E-state index is 12.2. The molecule has 1 N–H and O–H groups in total. The van der Waals surface area contributed by atoms with Crippen LogP contribution in [0, 0.1) is 11.8 Å². The van der Waals surface area contributed by atoms with Crippen molar-refractivity contribution in [3.8, 4) is 0 Å². The number of hydrogen-bond donors (Lipinski definition) is 1. The van der Waals surface area contributed by atoms with Crippen LogP contribution in [0.4, 0.5) is 0 Å². The van der Waals surface area contributed by atoms with Crippen LogP contribution in [0.3, 0.4) is 0 Å². The largest absolute Gasteiger partial charge is 0.339 e. The summed E-state index contributed by atoms with van der Waals surface area (Å²) in [5, 5.41) is 3.19. The third-order valence-corrected chi connectivity index (χ3v) is 4.11. The molecule has 17 heavy (non-hydrogen) atoms. The molecule has 2 unspecified atom stereocenters. The van der Waals surface area contributed by atoms with Crippen molar-refractivity contribution in [2.75, 3.05) is 19.6 Å². The molecule has 0 spiro atoms. The zero-order valence-corrected chi connectivity index (χ0v) is 11.8. The molecular formula is C13H25ClN2O. The first kappa shape index (κ1) is 14.8. The highest BCUT2D eigenvalue weighted by Gasteiger charge is 2.37. The Labute approximate surface area is 111 Å². The third-order valence-electron chi connectivity index (χ3n) is 4.11. The first-order valence-electron chi connectivity index (χ1n) is 6.75. The summed E-state index contributed by atoms with van der Waals surface area (Å²) >= 11 is 0. The number of nitrogens with one attached hydrogen (secondary N) is 1. The molecule has 0 bridgehead atoms. The molecular weight excluding hydrogens is 236 g/mol. The number of carbonyl (C=O) groups is 1. The Bertz CT molecular complexity index is 256. The summed E-state index contributed by atoms with van der Waals surface area (Å²) in [6.45, 7) is 7.31. The van der Waals surface area contributed by atoms with Crippen LogP contribution in [0.1, 0.15) is 39.5 Å². The average molecular weight is 261 g/mol. The fourth-order valence-corrected chi connectivity index (χ4v) is 3.00. The van der Waals surface area contributed by atoms with Crippen molar-refractivity contribution in [1.82, 2.24) is 10.2 Å². The number of nitrogens with zero attached hydrogens (tertiary/aromatic N) is 1. The molecule has 0 radical (unpaired) electrons. The highest BCUT2D eigenvalue weighted by Crippen LogP contribution is 2.28. The molecule has 2 saturated heterocycles. The lowest BCUT2D eigenvalue weighted by Crippen LogP contribution is -2.53. The lowest BCUT2D eigenvalue weighted by Gasteiger charge is -2.35. The lowest BCUT2D eigenvalue weighted by atomic mass is 9.93. The van der Waals surface area contributed by atoms with Crippen molar-refractivity contribution < 1.29 is 4.79 Å². The predicted octanol–water partition coefficient (Wildman–Crippen LogP) is 2.05. The fraction of sp³-hybridized carbons (Fsp3) is 0.923. The first-order chi connectivity index (χ1) is 7.74. The van der Waals surface area contributed by atoms with Gasteiger partial charge < -0.3 is 10.2 Å². The van der Waals surface area contributed by atoms with Gasteiger partial charge in [-0.2, -0.15) is 0 Å². The van der Waals surface area contributed by atoms with Gasteiger partial charge in [0.2, 0.25) is 5.91 Å². The number of likely N-dealkylation sites (tertiary alicyclic amines) is 1. The van der Waals surface area contributed by atoms with Gasteiger partial charge in [0.05, 0.1) is 5.92 Å². The molecule has 0 aliphatic carbocycles. The number of amides is 1. The van der Waals surface area contributed by atoms with E-state index in [1.165, 1.54) is 25.7 Å². The van der Waals surface area contributed by atoms with Crippen LogP contribution in [0.15, 0.2) is 0 Å². The van der Waals surface area contributed by atoms with E-state index in [1.54, 1.807) is 0 Å². The van der Waals surface area contributed by atoms with Crippen LogP contribution >= 0.6 is 12.4 Å². The summed E-state index contributed by atoms with van der Waals surface area (Å²) in [4.78, 5) is 14.4. The molecule has 2 aliphatic rings. The third kappa shape index (κ3) is 3.14. The first-order valence-corrected chi connectivity index (χ1v) is 6.75. The molecule has 4 heteroatoms. The minimum absolute atomic E-state index is 0. The molecule has 2 heterocycles. The molecule has 0 saturated carbocycles. The highest BCUT2D eigenvalue weighted by atomic mass is 35.5. The van der Waals surface area contributed by atoms with Crippen molar-refractivity contribution in [2.24, 2.45) is 11.8 Å². The van der Waals surface area contributed by atoms with Gasteiger partial charge in [-0.25, -0.2) is 0 Å². The summed E-state index contributed by atoms with van der Waals surface area (Å²) in [5.74, 6) is 1.35. The maximum atomic E-state index is 12.2. The van der Waals surface area contributed by atoms with Crippen LogP contribution in [0.5, 0.6) is 0 Å². The van der Waals surface area contributed by atoms with E-state index in [4.69, 9.17) is 0 Å². The Morgan fingerprint density at radius 2 is 2.18 bits per heavy atom. The summed E-state index contributed by atoms with van der Waals surface area (Å²) < 4.78 is 0. The maximum Gasteiger partial charge on any atom is 0.228 e. The van der Waals surface area contributed by atoms with Crippen LogP contribution in [0.2, 0.25) is 0 Å². The Hall–Kier alpha value is -0.280. The van der Waals surface area contributed by atoms with E-state index < -0.39 is 0 Å². The van der Waals surface area contributed by atoms with E-state index in [0.29, 0.717) is 17.9 Å². The molecule has 0 aromatic carbocycles. The Morgan fingerprint density at radius 1 is 1.47 bits per heavy atom. The second-order valence-electron chi connectivity index (χ2n) is 5.36. The van der Waals surface area contributed by atoms with Crippen LogP contribution in [-0.4, -0.2) is 36.5 Å². The van der Waals surface area contributed by atoms with Gasteiger partial charge >= 0.3 is 0 Å². The van der Waals surface area contributed by atoms with Crippen LogP contribution in [-0.2, 0) is 4.79 Å². The normalized spacial score (nSPS) is 26.2. The van der Waals surface area contributed by atoms with Gasteiger partial charge in [0.15, 0.2) is 0 Å². The van der Waals surface area contributed by atoms with E-state index in [-0.39, 0.29) is 18.3 Å². The second kappa shape index (κ2) is 6.60. The number of halogens is 1. The predicted molar refractivity (Wildman–Crippen MR) is 72.4 cm³/mol. The smallest absolute Gasteiger partial charge is 0.228 e. The standard InChI is InChI=1S/C13H24N2O.ClH/c1-3-5-10(2)12-6-4-7-15(12)13(16)11-8-14-9-11;/h10-12,14H,3-9H2,1-2H3;1H. The quantitative estimate of drug-likeness (QED) is 0.839. The zero-order valence-electron chi connectivity index (χ0n) is 10.9. The number of rotatable bonds is 4. The van der Waals surface area contributed by atoms with Gasteiger partial charge in [-0.3, -0.25) is 4.79 Å². The van der Waals surface area contributed by atoms with Crippen LogP contribution in [0.25, 0.3) is 0 Å². The topological polar surface area (TPSA) is 32.3 Å². The highest BCUT2D eigenvalue weighted by molar-refractivity contribution is 5.85. The minimum atomic E-state index is 0. The Kier molecular flexibility index (Phi) is 5.74. The van der Waals surface area contributed by atoms with Crippen LogP contribution < -0.4 is 5.32 Å². The monoisotopic (exact) mass is 260 g/mol. The SMILES string of the molecule is CCCC(C)C1CCCN1C(=O)C1CNC1.Cl. The minimum Gasteiger partial charge on any atom is -0.339 e. The van der Waals surface area contributed by atoms with E-state index in [2.05, 4.69) is 24.1 Å². The Morgan fingerprint density at radius 3 is 2.71 bits per heavy atom. The van der Waals surface area contributed by atoms with Gasteiger partial charge in [-0.15, -0.1) is 12.4 Å². The van der Waals surface area contributed by atoms with Crippen molar-refractivity contribution in [2.45, 2.75) is 45.6 Å².